The fourth-order valence-corrected chi connectivity index (χ4v) is 2.25. The molecule has 1 aromatic carbocycles. The molecule has 0 bridgehead atoms. The summed E-state index contributed by atoms with van der Waals surface area (Å²) in [7, 11) is 1.34. The fraction of sp³-hybridized carbons (Fsp3) is 0.364. The van der Waals surface area contributed by atoms with Gasteiger partial charge in [0.15, 0.2) is 0 Å². The van der Waals surface area contributed by atoms with Gasteiger partial charge in [-0.1, -0.05) is 0 Å². The number of thioether (sulfide) groups is 1. The highest BCUT2D eigenvalue weighted by atomic mass is 32.2. The third-order valence-corrected chi connectivity index (χ3v) is 3.45. The average Bonchev–Trinajstić information content (AvgIpc) is 2.29. The van der Waals surface area contributed by atoms with Gasteiger partial charge in [0, 0.05) is 17.7 Å². The van der Waals surface area contributed by atoms with Gasteiger partial charge in [-0.05, 0) is 18.2 Å². The zero-order valence-corrected chi connectivity index (χ0v) is 10.7. The minimum absolute atomic E-state index is 0.0690. The van der Waals surface area contributed by atoms with E-state index in [1.807, 2.05) is 0 Å². The first-order chi connectivity index (χ1) is 8.75. The van der Waals surface area contributed by atoms with Crippen LogP contribution in [0.15, 0.2) is 23.1 Å². The predicted molar refractivity (Wildman–Crippen MR) is 65.0 cm³/mol. The minimum Gasteiger partial charge on any atom is -0.480 e. The first-order valence-corrected chi connectivity index (χ1v) is 5.98. The van der Waals surface area contributed by atoms with Crippen LogP contribution in [-0.4, -0.2) is 30.0 Å². The lowest BCUT2D eigenvalue weighted by molar-refractivity contribution is -0.138. The van der Waals surface area contributed by atoms with Gasteiger partial charge in [-0.15, -0.1) is 11.8 Å². The third-order valence-electron chi connectivity index (χ3n) is 2.20. The minimum atomic E-state index is -4.48. The van der Waals surface area contributed by atoms with E-state index in [0.29, 0.717) is 0 Å². The van der Waals surface area contributed by atoms with Crippen LogP contribution in [0.25, 0.3) is 0 Å². The lowest BCUT2D eigenvalue weighted by Gasteiger charge is -2.14. The van der Waals surface area contributed by atoms with E-state index >= 15 is 0 Å². The number of carbonyl (C=O) groups is 1. The molecule has 0 fully saturated rings. The van der Waals surface area contributed by atoms with Crippen LogP contribution in [0.2, 0.25) is 0 Å². The Morgan fingerprint density at radius 1 is 1.53 bits per heavy atom. The van der Waals surface area contributed by atoms with E-state index in [-0.39, 0.29) is 17.2 Å². The van der Waals surface area contributed by atoms with Crippen LogP contribution in [0.4, 0.5) is 18.9 Å². The number of hydrogen-bond acceptors (Lipinski definition) is 4. The molecule has 106 valence electrons. The molecule has 1 unspecified atom stereocenters. The Hall–Kier alpha value is -1.41. The highest BCUT2D eigenvalue weighted by molar-refractivity contribution is 8.00. The van der Waals surface area contributed by atoms with Crippen LogP contribution < -0.4 is 5.73 Å². The molecule has 0 aromatic heterocycles. The van der Waals surface area contributed by atoms with Crippen LogP contribution in [0.3, 0.4) is 0 Å². The molecular weight excluding hydrogens is 283 g/mol. The van der Waals surface area contributed by atoms with Gasteiger partial charge in [0.1, 0.15) is 5.25 Å². The summed E-state index contributed by atoms with van der Waals surface area (Å²) in [5, 5.41) is 7.99. The lowest BCUT2D eigenvalue weighted by Crippen LogP contribution is -2.21. The lowest BCUT2D eigenvalue weighted by atomic mass is 10.2. The molecule has 1 atom stereocenters. The van der Waals surface area contributed by atoms with E-state index in [0.717, 1.165) is 30.0 Å². The Morgan fingerprint density at radius 2 is 2.16 bits per heavy atom. The Morgan fingerprint density at radius 3 is 2.58 bits per heavy atom. The highest BCUT2D eigenvalue weighted by Crippen LogP contribution is 2.35. The monoisotopic (exact) mass is 295 g/mol. The second-order valence-corrected chi connectivity index (χ2v) is 4.90. The number of alkyl halides is 3. The molecule has 0 aliphatic rings. The maximum Gasteiger partial charge on any atom is 0.416 e. The number of carboxylic acid groups (broad SMARTS) is 1. The number of nitrogens with two attached hydrogens (primary N) is 1. The van der Waals surface area contributed by atoms with E-state index in [1.54, 1.807) is 0 Å². The van der Waals surface area contributed by atoms with Crippen molar-refractivity contribution in [1.29, 1.82) is 0 Å². The Labute approximate surface area is 111 Å². The molecule has 4 nitrogen and oxygen atoms in total. The Kier molecular flexibility index (Phi) is 5.07. The standard InChI is InChI=1S/C11H12F3NO3S/c1-18-5-9(10(16)17)19-8-3-2-6(4-7(8)15)11(12,13)14/h2-4,9H,5,15H2,1H3,(H,16,17). The van der Waals surface area contributed by atoms with Crippen molar-refractivity contribution in [1.82, 2.24) is 0 Å². The zero-order chi connectivity index (χ0) is 14.6. The van der Waals surface area contributed by atoms with Crippen molar-refractivity contribution < 1.29 is 27.8 Å². The number of hydrogen-bond donors (Lipinski definition) is 2. The molecule has 3 N–H and O–H groups in total. The normalized spacial score (nSPS) is 13.3. The molecular formula is C11H12F3NO3S. The molecule has 0 spiro atoms. The van der Waals surface area contributed by atoms with Crippen molar-refractivity contribution in [3.63, 3.8) is 0 Å². The second-order valence-electron chi connectivity index (χ2n) is 3.65. The molecule has 19 heavy (non-hydrogen) atoms. The SMILES string of the molecule is COCC(Sc1ccc(C(F)(F)F)cc1N)C(=O)O. The van der Waals surface area contributed by atoms with E-state index in [2.05, 4.69) is 0 Å². The van der Waals surface area contributed by atoms with Gasteiger partial charge < -0.3 is 15.6 Å². The summed E-state index contributed by atoms with van der Waals surface area (Å²) in [6.45, 7) is -0.0690. The molecule has 0 amide bonds. The molecule has 0 saturated carbocycles. The van der Waals surface area contributed by atoms with Crippen LogP contribution in [-0.2, 0) is 15.7 Å². The van der Waals surface area contributed by atoms with Gasteiger partial charge in [0.05, 0.1) is 12.2 Å². The van der Waals surface area contributed by atoms with Crippen molar-refractivity contribution in [2.45, 2.75) is 16.3 Å². The number of methoxy groups -OCH3 is 1. The van der Waals surface area contributed by atoms with Gasteiger partial charge in [-0.25, -0.2) is 0 Å². The third kappa shape index (κ3) is 4.32. The number of ether oxygens (including phenoxy) is 1. The summed E-state index contributed by atoms with van der Waals surface area (Å²) in [6.07, 6.45) is -4.48. The topological polar surface area (TPSA) is 72.5 Å². The molecule has 0 aliphatic carbocycles. The fourth-order valence-electron chi connectivity index (χ4n) is 1.29. The molecule has 0 saturated heterocycles. The molecule has 1 rings (SSSR count). The van der Waals surface area contributed by atoms with E-state index in [9.17, 15) is 18.0 Å². The number of rotatable bonds is 5. The maximum atomic E-state index is 12.4. The van der Waals surface area contributed by atoms with Gasteiger partial charge in [0.2, 0.25) is 0 Å². The van der Waals surface area contributed by atoms with Crippen molar-refractivity contribution >= 4 is 23.4 Å². The largest absolute Gasteiger partial charge is 0.480 e. The number of halogens is 3. The van der Waals surface area contributed by atoms with Gasteiger partial charge in [0.25, 0.3) is 0 Å². The summed E-state index contributed by atoms with van der Waals surface area (Å²) in [5.41, 5.74) is 4.53. The average molecular weight is 295 g/mol. The van der Waals surface area contributed by atoms with Crippen molar-refractivity contribution in [3.8, 4) is 0 Å². The first-order valence-electron chi connectivity index (χ1n) is 5.11. The molecule has 0 radical (unpaired) electrons. The summed E-state index contributed by atoms with van der Waals surface area (Å²) >= 11 is 0.850. The number of nitrogen functional groups attached to an aromatic ring is 1. The molecule has 8 heteroatoms. The zero-order valence-electron chi connectivity index (χ0n) is 9.90. The molecule has 0 heterocycles. The van der Waals surface area contributed by atoms with Crippen molar-refractivity contribution in [2.24, 2.45) is 0 Å². The van der Waals surface area contributed by atoms with Crippen molar-refractivity contribution in [2.75, 3.05) is 19.5 Å². The number of carboxylic acids is 1. The molecule has 1 aromatic rings. The summed E-state index contributed by atoms with van der Waals surface area (Å²) in [4.78, 5) is 11.2. The first kappa shape index (κ1) is 15.6. The van der Waals surface area contributed by atoms with E-state index in [4.69, 9.17) is 15.6 Å². The number of anilines is 1. The summed E-state index contributed by atoms with van der Waals surface area (Å²) < 4.78 is 42.0. The van der Waals surface area contributed by atoms with Crippen molar-refractivity contribution in [3.05, 3.63) is 23.8 Å². The molecule has 0 aliphatic heterocycles. The number of benzene rings is 1. The quantitative estimate of drug-likeness (QED) is 0.645. The Bertz CT molecular complexity index is 465. The highest BCUT2D eigenvalue weighted by Gasteiger charge is 2.31. The number of aliphatic carboxylic acids is 1. The second kappa shape index (κ2) is 6.16. The maximum absolute atomic E-state index is 12.4. The van der Waals surface area contributed by atoms with E-state index in [1.165, 1.54) is 7.11 Å². The van der Waals surface area contributed by atoms with Crippen LogP contribution in [0.1, 0.15) is 5.56 Å². The Balaban J connectivity index is 2.93. The predicted octanol–water partition coefficient (Wildman–Crippen LogP) is 2.48. The summed E-state index contributed by atoms with van der Waals surface area (Å²) in [5.74, 6) is -1.12. The van der Waals surface area contributed by atoms with Gasteiger partial charge in [-0.3, -0.25) is 4.79 Å². The van der Waals surface area contributed by atoms with E-state index < -0.39 is 23.0 Å². The van der Waals surface area contributed by atoms with Crippen LogP contribution in [0, 0.1) is 0 Å². The van der Waals surface area contributed by atoms with Crippen LogP contribution in [0.5, 0.6) is 0 Å². The van der Waals surface area contributed by atoms with Crippen LogP contribution >= 0.6 is 11.8 Å². The van der Waals surface area contributed by atoms with Gasteiger partial charge >= 0.3 is 12.1 Å². The summed E-state index contributed by atoms with van der Waals surface area (Å²) in [6, 6.07) is 2.81. The van der Waals surface area contributed by atoms with Gasteiger partial charge in [-0.2, -0.15) is 13.2 Å². The smallest absolute Gasteiger partial charge is 0.416 e.